The van der Waals surface area contributed by atoms with E-state index in [-0.39, 0.29) is 17.4 Å². The van der Waals surface area contributed by atoms with Crippen LogP contribution in [-0.4, -0.2) is 60.1 Å². The molecule has 2 aromatic carbocycles. The summed E-state index contributed by atoms with van der Waals surface area (Å²) < 4.78 is 11.6. The van der Waals surface area contributed by atoms with E-state index in [9.17, 15) is 4.79 Å². The Hall–Kier alpha value is -3.38. The highest BCUT2D eigenvalue weighted by Crippen LogP contribution is 2.51. The van der Waals surface area contributed by atoms with Crippen LogP contribution in [0.3, 0.4) is 0 Å². The van der Waals surface area contributed by atoms with E-state index in [0.29, 0.717) is 5.91 Å². The van der Waals surface area contributed by atoms with Crippen LogP contribution in [0.25, 0.3) is 10.8 Å². The maximum Gasteiger partial charge on any atom is 0.230 e. The third-order valence-corrected chi connectivity index (χ3v) is 10.1. The minimum Gasteiger partial charge on any atom is -0.497 e. The van der Waals surface area contributed by atoms with Gasteiger partial charge in [-0.1, -0.05) is 37.6 Å². The first-order chi connectivity index (χ1) is 20.5. The molecule has 0 saturated carbocycles. The molecule has 3 aliphatic rings. The van der Waals surface area contributed by atoms with Gasteiger partial charge in [-0.15, -0.1) is 0 Å². The molecule has 6 nitrogen and oxygen atoms in total. The van der Waals surface area contributed by atoms with Crippen molar-refractivity contribution in [1.82, 2.24) is 14.8 Å². The van der Waals surface area contributed by atoms with Gasteiger partial charge in [0.25, 0.3) is 0 Å². The van der Waals surface area contributed by atoms with Crippen molar-refractivity contribution < 1.29 is 14.3 Å². The number of ether oxygens (including phenoxy) is 2. The number of nitrogens with zero attached hydrogens (tertiary/aromatic N) is 3. The van der Waals surface area contributed by atoms with Gasteiger partial charge in [-0.05, 0) is 86.2 Å². The van der Waals surface area contributed by atoms with Gasteiger partial charge in [-0.3, -0.25) is 14.7 Å². The van der Waals surface area contributed by atoms with E-state index >= 15 is 0 Å². The molecular weight excluding hydrogens is 522 g/mol. The molecule has 1 amide bonds. The lowest BCUT2D eigenvalue weighted by Crippen LogP contribution is -2.47. The Kier molecular flexibility index (Phi) is 8.26. The number of fused-ring (bicyclic) bond motifs is 4. The topological polar surface area (TPSA) is 54.9 Å². The van der Waals surface area contributed by atoms with Gasteiger partial charge in [-0.2, -0.15) is 0 Å². The Balaban J connectivity index is 1.37. The highest BCUT2D eigenvalue weighted by molar-refractivity contribution is 5.88. The normalized spacial score (nSPS) is 25.8. The number of likely N-dealkylation sites (tertiary alicyclic amines) is 2. The van der Waals surface area contributed by atoms with Crippen LogP contribution in [-0.2, 0) is 17.8 Å². The van der Waals surface area contributed by atoms with Gasteiger partial charge in [0.15, 0.2) is 0 Å². The lowest BCUT2D eigenvalue weighted by molar-refractivity contribution is -0.134. The smallest absolute Gasteiger partial charge is 0.230 e. The van der Waals surface area contributed by atoms with Gasteiger partial charge in [0, 0.05) is 55.0 Å². The SMILES string of the molecule is CCCC1/C=C2\C(CCc3cc(OC)cc(OC)c31)C(=O)N(CC)C21CCCN(Cc2cccc3cnccc23)CC1. The molecule has 3 unspecified atom stereocenters. The molecule has 0 radical (unpaired) electrons. The van der Waals surface area contributed by atoms with Gasteiger partial charge in [0.2, 0.25) is 5.91 Å². The first kappa shape index (κ1) is 28.7. The molecule has 3 aromatic rings. The molecule has 1 spiro atoms. The summed E-state index contributed by atoms with van der Waals surface area (Å²) in [6.07, 6.45) is 13.2. The Morgan fingerprint density at radius 1 is 1.07 bits per heavy atom. The molecule has 1 aromatic heterocycles. The average Bonchev–Trinajstić information content (AvgIpc) is 3.10. The van der Waals surface area contributed by atoms with Crippen LogP contribution < -0.4 is 9.47 Å². The Bertz CT molecular complexity index is 1480. The van der Waals surface area contributed by atoms with Crippen molar-refractivity contribution in [2.45, 2.75) is 76.8 Å². The monoisotopic (exact) mass is 567 g/mol. The minimum absolute atomic E-state index is 0.0493. The summed E-state index contributed by atoms with van der Waals surface area (Å²) in [5.74, 6) is 2.22. The number of hydrogen-bond donors (Lipinski definition) is 0. The zero-order valence-corrected chi connectivity index (χ0v) is 25.7. The summed E-state index contributed by atoms with van der Waals surface area (Å²) in [6, 6.07) is 12.9. The van der Waals surface area contributed by atoms with Crippen LogP contribution in [0.2, 0.25) is 0 Å². The largest absolute Gasteiger partial charge is 0.497 e. The number of carbonyl (C=O) groups is 1. The lowest BCUT2D eigenvalue weighted by Gasteiger charge is -2.39. The third kappa shape index (κ3) is 4.98. The second-order valence-corrected chi connectivity index (χ2v) is 12.3. The minimum atomic E-state index is -0.211. The highest BCUT2D eigenvalue weighted by Gasteiger charge is 2.54. The van der Waals surface area contributed by atoms with E-state index < -0.39 is 0 Å². The van der Waals surface area contributed by atoms with Gasteiger partial charge >= 0.3 is 0 Å². The molecule has 3 atom stereocenters. The first-order valence-electron chi connectivity index (χ1n) is 15.8. The number of rotatable bonds is 7. The third-order valence-electron chi connectivity index (χ3n) is 10.1. The maximum atomic E-state index is 14.2. The number of benzene rings is 2. The number of hydrogen-bond acceptors (Lipinski definition) is 5. The first-order valence-corrected chi connectivity index (χ1v) is 15.8. The van der Waals surface area contributed by atoms with Crippen molar-refractivity contribution in [2.24, 2.45) is 5.92 Å². The molecule has 2 aliphatic heterocycles. The van der Waals surface area contributed by atoms with E-state index in [1.54, 1.807) is 14.2 Å². The van der Waals surface area contributed by atoms with Crippen molar-refractivity contribution in [3.63, 3.8) is 0 Å². The standard InChI is InChI=1S/C36H45N3O3/c1-5-9-25-21-32-31(13-12-26-20-29(41-3)22-33(42-4)34(25)26)35(40)39(6-2)36(32)15-8-18-38(19-16-36)24-28-11-7-10-27-23-37-17-14-30(27)28/h7,10-11,14,17,20-23,25,31H,5-6,8-9,12-13,15-16,18-19,24H2,1-4H3/b32-21+. The van der Waals surface area contributed by atoms with E-state index in [4.69, 9.17) is 9.47 Å². The summed E-state index contributed by atoms with van der Waals surface area (Å²) in [7, 11) is 3.47. The second-order valence-electron chi connectivity index (χ2n) is 12.3. The van der Waals surface area contributed by atoms with Gasteiger partial charge in [0.1, 0.15) is 11.5 Å². The lowest BCUT2D eigenvalue weighted by atomic mass is 9.73. The average molecular weight is 568 g/mol. The van der Waals surface area contributed by atoms with Gasteiger partial charge < -0.3 is 14.4 Å². The Morgan fingerprint density at radius 2 is 1.95 bits per heavy atom. The van der Waals surface area contributed by atoms with Crippen molar-refractivity contribution in [3.8, 4) is 11.5 Å². The van der Waals surface area contributed by atoms with Crippen LogP contribution in [0.4, 0.5) is 0 Å². The second kappa shape index (κ2) is 12.1. The van der Waals surface area contributed by atoms with Crippen molar-refractivity contribution in [1.29, 1.82) is 0 Å². The predicted molar refractivity (Wildman–Crippen MR) is 168 cm³/mol. The quantitative estimate of drug-likeness (QED) is 0.290. The van der Waals surface area contributed by atoms with E-state index in [1.807, 2.05) is 18.5 Å². The summed E-state index contributed by atoms with van der Waals surface area (Å²) >= 11 is 0. The van der Waals surface area contributed by atoms with Gasteiger partial charge in [0.05, 0.1) is 25.7 Å². The fraction of sp³-hybridized carbons (Fsp3) is 0.500. The van der Waals surface area contributed by atoms with Crippen molar-refractivity contribution in [2.75, 3.05) is 33.9 Å². The molecule has 3 heterocycles. The van der Waals surface area contributed by atoms with Crippen LogP contribution >= 0.6 is 0 Å². The summed E-state index contributed by atoms with van der Waals surface area (Å²) in [4.78, 5) is 23.4. The van der Waals surface area contributed by atoms with Crippen LogP contribution in [0.15, 0.2) is 60.4 Å². The fourth-order valence-electron chi connectivity index (χ4n) is 8.19. The number of aryl methyl sites for hydroxylation is 1. The number of pyridine rings is 1. The molecule has 6 heteroatoms. The molecule has 1 aliphatic carbocycles. The number of likely N-dealkylation sites (N-methyl/N-ethyl adjacent to an activating group) is 1. The van der Waals surface area contributed by atoms with Crippen molar-refractivity contribution in [3.05, 3.63) is 77.1 Å². The zero-order valence-electron chi connectivity index (χ0n) is 25.7. The van der Waals surface area contributed by atoms with Crippen molar-refractivity contribution >= 4 is 16.7 Å². The summed E-state index contributed by atoms with van der Waals surface area (Å²) in [5.41, 5.74) is 5.07. The summed E-state index contributed by atoms with van der Waals surface area (Å²) in [6.45, 7) is 8.12. The van der Waals surface area contributed by atoms with E-state index in [0.717, 1.165) is 82.6 Å². The Morgan fingerprint density at radius 3 is 2.74 bits per heavy atom. The number of allylic oxidation sites excluding steroid dienone is 1. The molecule has 0 N–H and O–H groups in total. The summed E-state index contributed by atoms with van der Waals surface area (Å²) in [5, 5.41) is 2.48. The molecule has 222 valence electrons. The van der Waals surface area contributed by atoms with Gasteiger partial charge in [-0.25, -0.2) is 0 Å². The fourth-order valence-corrected chi connectivity index (χ4v) is 8.19. The molecule has 6 rings (SSSR count). The number of amides is 1. The molecular formula is C36H45N3O3. The number of methoxy groups -OCH3 is 2. The molecule has 0 bridgehead atoms. The molecule has 42 heavy (non-hydrogen) atoms. The zero-order chi connectivity index (χ0) is 29.3. The molecule has 2 fully saturated rings. The highest BCUT2D eigenvalue weighted by atomic mass is 16.5. The number of carbonyl (C=O) groups excluding carboxylic acids is 1. The van der Waals surface area contributed by atoms with Crippen LogP contribution in [0, 0.1) is 5.92 Å². The molecule has 2 saturated heterocycles. The maximum absolute atomic E-state index is 14.2. The van der Waals surface area contributed by atoms with E-state index in [2.05, 4.69) is 65.0 Å². The Labute approximate surface area is 250 Å². The predicted octanol–water partition coefficient (Wildman–Crippen LogP) is 6.91. The van der Waals surface area contributed by atoms with E-state index in [1.165, 1.54) is 33.0 Å². The van der Waals surface area contributed by atoms with Crippen LogP contribution in [0.5, 0.6) is 11.5 Å². The number of aromatic nitrogens is 1. The van der Waals surface area contributed by atoms with Crippen LogP contribution in [0.1, 0.15) is 75.0 Å².